The van der Waals surface area contributed by atoms with E-state index in [0.29, 0.717) is 17.9 Å². The van der Waals surface area contributed by atoms with E-state index in [1.54, 1.807) is 24.3 Å². The Kier molecular flexibility index (Phi) is 5.58. The van der Waals surface area contributed by atoms with E-state index in [1.165, 1.54) is 0 Å². The molecule has 0 radical (unpaired) electrons. The molecular formula is C19H22N2O3. The van der Waals surface area contributed by atoms with Gasteiger partial charge in [-0.3, -0.25) is 9.59 Å². The number of hydrogen-bond donors (Lipinski definition) is 2. The van der Waals surface area contributed by atoms with Gasteiger partial charge in [0.1, 0.15) is 5.75 Å². The van der Waals surface area contributed by atoms with Crippen LogP contribution >= 0.6 is 0 Å². The molecule has 2 aromatic carbocycles. The molecule has 0 spiro atoms. The van der Waals surface area contributed by atoms with Crippen molar-refractivity contribution in [3.63, 3.8) is 0 Å². The zero-order chi connectivity index (χ0) is 17.7. The van der Waals surface area contributed by atoms with Gasteiger partial charge in [-0.1, -0.05) is 36.8 Å². The Morgan fingerprint density at radius 1 is 1.17 bits per heavy atom. The molecule has 2 amide bonds. The van der Waals surface area contributed by atoms with Crippen molar-refractivity contribution in [1.82, 2.24) is 0 Å². The monoisotopic (exact) mass is 326 g/mol. The van der Waals surface area contributed by atoms with Crippen LogP contribution in [0.4, 0.5) is 5.69 Å². The highest BCUT2D eigenvalue weighted by atomic mass is 16.5. The van der Waals surface area contributed by atoms with Gasteiger partial charge in [0.2, 0.25) is 0 Å². The molecule has 0 heterocycles. The average Bonchev–Trinajstić information content (AvgIpc) is 2.54. The maximum absolute atomic E-state index is 12.5. The summed E-state index contributed by atoms with van der Waals surface area (Å²) in [5, 5.41) is 2.73. The first-order chi connectivity index (χ1) is 11.4. The fourth-order valence-electron chi connectivity index (χ4n) is 2.43. The van der Waals surface area contributed by atoms with E-state index in [0.717, 1.165) is 11.1 Å². The Morgan fingerprint density at radius 2 is 1.88 bits per heavy atom. The number of rotatable bonds is 6. The zero-order valence-electron chi connectivity index (χ0n) is 14.1. The van der Waals surface area contributed by atoms with E-state index in [9.17, 15) is 9.59 Å². The molecule has 0 saturated carbocycles. The van der Waals surface area contributed by atoms with Crippen LogP contribution in [0.25, 0.3) is 0 Å². The van der Waals surface area contributed by atoms with Crippen molar-refractivity contribution in [2.45, 2.75) is 33.3 Å². The summed E-state index contributed by atoms with van der Waals surface area (Å²) < 4.78 is 5.86. The molecule has 5 nitrogen and oxygen atoms in total. The van der Waals surface area contributed by atoms with Crippen LogP contribution in [0.3, 0.4) is 0 Å². The van der Waals surface area contributed by atoms with E-state index in [-0.39, 0.29) is 11.5 Å². The van der Waals surface area contributed by atoms with Crippen LogP contribution < -0.4 is 15.8 Å². The number of hydrogen-bond acceptors (Lipinski definition) is 3. The summed E-state index contributed by atoms with van der Waals surface area (Å²) in [6, 6.07) is 12.4. The molecule has 0 aliphatic rings. The van der Waals surface area contributed by atoms with Gasteiger partial charge in [-0.2, -0.15) is 0 Å². The predicted molar refractivity (Wildman–Crippen MR) is 94.2 cm³/mol. The zero-order valence-corrected chi connectivity index (χ0v) is 14.1. The van der Waals surface area contributed by atoms with E-state index < -0.39 is 12.0 Å². The number of ether oxygens (including phenoxy) is 1. The van der Waals surface area contributed by atoms with E-state index in [2.05, 4.69) is 5.32 Å². The van der Waals surface area contributed by atoms with Crippen molar-refractivity contribution in [3.8, 4) is 5.75 Å². The summed E-state index contributed by atoms with van der Waals surface area (Å²) in [5.74, 6) is -0.230. The highest BCUT2D eigenvalue weighted by Crippen LogP contribution is 2.22. The van der Waals surface area contributed by atoms with Gasteiger partial charge >= 0.3 is 0 Å². The van der Waals surface area contributed by atoms with Gasteiger partial charge in [-0.15, -0.1) is 0 Å². The number of carbonyl (C=O) groups is 2. The number of anilines is 1. The molecular weight excluding hydrogens is 304 g/mol. The normalized spacial score (nSPS) is 11.6. The Bertz CT molecular complexity index is 756. The summed E-state index contributed by atoms with van der Waals surface area (Å²) in [4.78, 5) is 24.0. The molecule has 0 aliphatic carbocycles. The molecule has 0 aliphatic heterocycles. The van der Waals surface area contributed by atoms with Crippen molar-refractivity contribution in [2.24, 2.45) is 5.73 Å². The number of para-hydroxylation sites is 1. The smallest absolute Gasteiger partial charge is 0.265 e. The van der Waals surface area contributed by atoms with Crippen LogP contribution in [0.15, 0.2) is 42.5 Å². The number of primary amides is 1. The minimum absolute atomic E-state index is 0.271. The Labute approximate surface area is 141 Å². The van der Waals surface area contributed by atoms with E-state index in [4.69, 9.17) is 10.5 Å². The lowest BCUT2D eigenvalue weighted by Crippen LogP contribution is -2.33. The average molecular weight is 326 g/mol. The number of benzene rings is 2. The Hall–Kier alpha value is -2.82. The molecule has 0 aromatic heterocycles. The quantitative estimate of drug-likeness (QED) is 0.855. The lowest BCUT2D eigenvalue weighted by molar-refractivity contribution is -0.122. The molecule has 3 N–H and O–H groups in total. The molecule has 0 bridgehead atoms. The maximum Gasteiger partial charge on any atom is 0.265 e. The third-order valence-corrected chi connectivity index (χ3v) is 3.71. The van der Waals surface area contributed by atoms with Crippen molar-refractivity contribution >= 4 is 17.5 Å². The van der Waals surface area contributed by atoms with E-state index in [1.807, 2.05) is 39.0 Å². The lowest BCUT2D eigenvalue weighted by Gasteiger charge is -2.19. The highest BCUT2D eigenvalue weighted by Gasteiger charge is 2.21. The molecule has 24 heavy (non-hydrogen) atoms. The van der Waals surface area contributed by atoms with E-state index >= 15 is 0 Å². The first kappa shape index (κ1) is 17.5. The fourth-order valence-corrected chi connectivity index (χ4v) is 2.43. The number of carbonyl (C=O) groups excluding carboxylic acids is 2. The summed E-state index contributed by atoms with van der Waals surface area (Å²) >= 11 is 0. The van der Waals surface area contributed by atoms with Gasteiger partial charge in [0.15, 0.2) is 6.10 Å². The minimum atomic E-state index is -0.660. The second kappa shape index (κ2) is 7.64. The second-order valence-corrected chi connectivity index (χ2v) is 5.68. The SMILES string of the molecule is CC[C@H](Oc1ccc(C)cc1C)C(=O)Nc1ccccc1C(N)=O. The number of nitrogens with one attached hydrogen (secondary N) is 1. The molecule has 0 fully saturated rings. The molecule has 126 valence electrons. The van der Waals surface area contributed by atoms with Crippen molar-refractivity contribution in [3.05, 3.63) is 59.2 Å². The van der Waals surface area contributed by atoms with Crippen LogP contribution in [0.5, 0.6) is 5.75 Å². The predicted octanol–water partition coefficient (Wildman–Crippen LogP) is 3.20. The largest absolute Gasteiger partial charge is 0.480 e. The Morgan fingerprint density at radius 3 is 2.50 bits per heavy atom. The minimum Gasteiger partial charge on any atom is -0.480 e. The molecule has 0 saturated heterocycles. The molecule has 2 aromatic rings. The molecule has 5 heteroatoms. The van der Waals surface area contributed by atoms with Crippen LogP contribution in [-0.2, 0) is 4.79 Å². The van der Waals surface area contributed by atoms with Crippen LogP contribution in [0.2, 0.25) is 0 Å². The number of amides is 2. The summed E-state index contributed by atoms with van der Waals surface area (Å²) in [7, 11) is 0. The maximum atomic E-state index is 12.5. The highest BCUT2D eigenvalue weighted by molar-refractivity contribution is 6.04. The molecule has 0 unspecified atom stereocenters. The van der Waals surface area contributed by atoms with Gasteiger partial charge in [-0.25, -0.2) is 0 Å². The van der Waals surface area contributed by atoms with Gasteiger partial charge < -0.3 is 15.8 Å². The summed E-state index contributed by atoms with van der Waals surface area (Å²) in [6.45, 7) is 5.81. The molecule has 1 atom stereocenters. The first-order valence-electron chi connectivity index (χ1n) is 7.86. The topological polar surface area (TPSA) is 81.4 Å². The van der Waals surface area contributed by atoms with Crippen molar-refractivity contribution in [1.29, 1.82) is 0 Å². The second-order valence-electron chi connectivity index (χ2n) is 5.68. The van der Waals surface area contributed by atoms with Gasteiger partial charge in [0, 0.05) is 0 Å². The van der Waals surface area contributed by atoms with Gasteiger partial charge in [0.25, 0.3) is 11.8 Å². The van der Waals surface area contributed by atoms with Crippen molar-refractivity contribution in [2.75, 3.05) is 5.32 Å². The van der Waals surface area contributed by atoms with Crippen LogP contribution in [0.1, 0.15) is 34.8 Å². The lowest BCUT2D eigenvalue weighted by atomic mass is 10.1. The molecule has 2 rings (SSSR count). The standard InChI is InChI=1S/C19H22N2O3/c1-4-16(24-17-10-9-12(2)11-13(17)3)19(23)21-15-8-6-5-7-14(15)18(20)22/h5-11,16H,4H2,1-3H3,(H2,20,22)(H,21,23)/t16-/m0/s1. The third kappa shape index (κ3) is 4.13. The van der Waals surface area contributed by atoms with Crippen LogP contribution in [-0.4, -0.2) is 17.9 Å². The number of nitrogens with two attached hydrogens (primary N) is 1. The third-order valence-electron chi connectivity index (χ3n) is 3.71. The summed E-state index contributed by atoms with van der Waals surface area (Å²) in [6.07, 6.45) is -0.162. The fraction of sp³-hybridized carbons (Fsp3) is 0.263. The number of aryl methyl sites for hydroxylation is 2. The first-order valence-corrected chi connectivity index (χ1v) is 7.86. The van der Waals surface area contributed by atoms with Crippen molar-refractivity contribution < 1.29 is 14.3 Å². The summed E-state index contributed by atoms with van der Waals surface area (Å²) in [5.41, 5.74) is 8.10. The Balaban J connectivity index is 2.16. The van der Waals surface area contributed by atoms with Gasteiger partial charge in [-0.05, 0) is 44.0 Å². The van der Waals surface area contributed by atoms with Gasteiger partial charge in [0.05, 0.1) is 11.3 Å². The van der Waals surface area contributed by atoms with Crippen LogP contribution in [0, 0.1) is 13.8 Å².